The maximum absolute atomic E-state index is 13.0. The molecule has 7 heteroatoms. The fraction of sp³-hybridized carbons (Fsp3) is 0.429. The van der Waals surface area contributed by atoms with E-state index in [0.29, 0.717) is 34.9 Å². The second kappa shape index (κ2) is 7.06. The van der Waals surface area contributed by atoms with E-state index in [-0.39, 0.29) is 23.8 Å². The molecule has 0 heterocycles. The summed E-state index contributed by atoms with van der Waals surface area (Å²) < 4.78 is 13.6. The third kappa shape index (κ3) is 4.55. The monoisotopic (exact) mass is 406 g/mol. The van der Waals surface area contributed by atoms with Gasteiger partial charge in [-0.1, -0.05) is 0 Å². The van der Waals surface area contributed by atoms with Crippen molar-refractivity contribution in [3.8, 4) is 0 Å². The number of nitrogens with one attached hydrogen (secondary N) is 2. The van der Waals surface area contributed by atoms with Crippen molar-refractivity contribution >= 4 is 40.3 Å². The predicted molar refractivity (Wildman–Crippen MR) is 84.7 cm³/mol. The summed E-state index contributed by atoms with van der Waals surface area (Å²) in [6.45, 7) is 0. The van der Waals surface area contributed by atoms with Gasteiger partial charge in [-0.3, -0.25) is 4.79 Å². The number of benzene rings is 1. The minimum atomic E-state index is -0.765. The number of hydrogen-bond donors (Lipinski definition) is 3. The Morgan fingerprint density at radius 3 is 2.48 bits per heavy atom. The normalized spacial score (nSPS) is 21.6. The molecule has 21 heavy (non-hydrogen) atoms. The van der Waals surface area contributed by atoms with Gasteiger partial charge in [-0.25, -0.2) is 9.18 Å². The van der Waals surface area contributed by atoms with Crippen LogP contribution in [0, 0.1) is 15.3 Å². The van der Waals surface area contributed by atoms with Gasteiger partial charge in [0.25, 0.3) is 0 Å². The van der Waals surface area contributed by atoms with Crippen LogP contribution in [-0.4, -0.2) is 23.1 Å². The van der Waals surface area contributed by atoms with E-state index in [0.717, 1.165) is 0 Å². The van der Waals surface area contributed by atoms with Crippen LogP contribution in [0.2, 0.25) is 0 Å². The van der Waals surface area contributed by atoms with Crippen molar-refractivity contribution in [1.29, 1.82) is 0 Å². The molecule has 114 valence electrons. The molecular formula is C14H16FIN2O3. The van der Waals surface area contributed by atoms with Crippen molar-refractivity contribution in [2.75, 3.05) is 5.32 Å². The quantitative estimate of drug-likeness (QED) is 0.675. The molecule has 0 bridgehead atoms. The van der Waals surface area contributed by atoms with Gasteiger partial charge in [-0.05, 0) is 66.5 Å². The molecule has 0 spiro atoms. The highest BCUT2D eigenvalue weighted by molar-refractivity contribution is 14.1. The summed E-state index contributed by atoms with van der Waals surface area (Å²) in [6, 6.07) is 3.78. The zero-order valence-electron chi connectivity index (χ0n) is 11.2. The van der Waals surface area contributed by atoms with E-state index in [1.807, 2.05) is 22.6 Å². The molecule has 0 aromatic heterocycles. The van der Waals surface area contributed by atoms with Crippen molar-refractivity contribution in [2.24, 2.45) is 5.92 Å². The predicted octanol–water partition coefficient (Wildman–Crippen LogP) is 3.20. The van der Waals surface area contributed by atoms with Crippen LogP contribution < -0.4 is 10.6 Å². The number of amides is 2. The summed E-state index contributed by atoms with van der Waals surface area (Å²) >= 11 is 1.95. The fourth-order valence-electron chi connectivity index (χ4n) is 2.42. The third-order valence-electron chi connectivity index (χ3n) is 3.59. The van der Waals surface area contributed by atoms with E-state index in [2.05, 4.69) is 10.6 Å². The zero-order chi connectivity index (χ0) is 15.4. The van der Waals surface area contributed by atoms with Crippen LogP contribution in [0.1, 0.15) is 25.7 Å². The number of carboxylic acids is 1. The number of anilines is 1. The highest BCUT2D eigenvalue weighted by atomic mass is 127. The minimum absolute atomic E-state index is 0.0151. The maximum atomic E-state index is 13.0. The molecule has 5 nitrogen and oxygen atoms in total. The standard InChI is InChI=1S/C14H16FIN2O3/c15-9-3-6-12(11(16)7-9)18-14(21)17-10-4-1-8(2-5-10)13(19)20/h3,6-8,10H,1-2,4-5H2,(H,19,20)(H2,17,18,21). The van der Waals surface area contributed by atoms with Gasteiger partial charge in [0.2, 0.25) is 0 Å². The summed E-state index contributed by atoms with van der Waals surface area (Å²) in [4.78, 5) is 22.8. The molecule has 2 amide bonds. The second-order valence-corrected chi connectivity index (χ2v) is 6.27. The molecule has 0 atom stereocenters. The van der Waals surface area contributed by atoms with Gasteiger partial charge in [0.05, 0.1) is 11.6 Å². The largest absolute Gasteiger partial charge is 0.481 e. The highest BCUT2D eigenvalue weighted by Crippen LogP contribution is 2.24. The Morgan fingerprint density at radius 1 is 1.24 bits per heavy atom. The number of carbonyl (C=O) groups is 2. The molecule has 0 saturated heterocycles. The maximum Gasteiger partial charge on any atom is 0.319 e. The molecule has 1 aliphatic rings. The Bertz CT molecular complexity index is 545. The molecular weight excluding hydrogens is 390 g/mol. The summed E-state index contributed by atoms with van der Waals surface area (Å²) in [6.07, 6.45) is 2.47. The van der Waals surface area contributed by atoms with E-state index in [1.165, 1.54) is 18.2 Å². The SMILES string of the molecule is O=C(Nc1ccc(F)cc1I)NC1CCC(C(=O)O)CC1. The molecule has 1 aromatic rings. The lowest BCUT2D eigenvalue weighted by Crippen LogP contribution is -2.41. The molecule has 0 aliphatic heterocycles. The van der Waals surface area contributed by atoms with Crippen molar-refractivity contribution in [1.82, 2.24) is 5.32 Å². The van der Waals surface area contributed by atoms with Crippen LogP contribution in [0.5, 0.6) is 0 Å². The summed E-state index contributed by atoms with van der Waals surface area (Å²) in [5.41, 5.74) is 0.550. The van der Waals surface area contributed by atoms with Crippen molar-refractivity contribution in [3.63, 3.8) is 0 Å². The van der Waals surface area contributed by atoms with Gasteiger partial charge in [0.1, 0.15) is 5.82 Å². The number of aliphatic carboxylic acids is 1. The first-order chi connectivity index (χ1) is 9.95. The van der Waals surface area contributed by atoms with Crippen LogP contribution >= 0.6 is 22.6 Å². The number of urea groups is 1. The molecule has 0 unspecified atom stereocenters. The first-order valence-electron chi connectivity index (χ1n) is 6.71. The lowest BCUT2D eigenvalue weighted by atomic mass is 9.86. The number of halogens is 2. The Balaban J connectivity index is 1.84. The van der Waals surface area contributed by atoms with Crippen molar-refractivity contribution in [2.45, 2.75) is 31.7 Å². The van der Waals surface area contributed by atoms with Gasteiger partial charge < -0.3 is 15.7 Å². The number of carbonyl (C=O) groups excluding carboxylic acids is 1. The first kappa shape index (κ1) is 16.0. The summed E-state index contributed by atoms with van der Waals surface area (Å²) in [5.74, 6) is -1.42. The lowest BCUT2D eigenvalue weighted by molar-refractivity contribution is -0.142. The van der Waals surface area contributed by atoms with Crippen molar-refractivity contribution in [3.05, 3.63) is 27.6 Å². The van der Waals surface area contributed by atoms with Gasteiger partial charge in [0.15, 0.2) is 0 Å². The molecule has 0 radical (unpaired) electrons. The van der Waals surface area contributed by atoms with Gasteiger partial charge in [-0.2, -0.15) is 0 Å². The molecule has 1 fully saturated rings. The number of rotatable bonds is 3. The Hall–Kier alpha value is -1.38. The topological polar surface area (TPSA) is 78.4 Å². The molecule has 1 saturated carbocycles. The van der Waals surface area contributed by atoms with E-state index in [4.69, 9.17) is 5.11 Å². The second-order valence-electron chi connectivity index (χ2n) is 5.11. The van der Waals surface area contributed by atoms with Crippen LogP contribution in [0.4, 0.5) is 14.9 Å². The van der Waals surface area contributed by atoms with Crippen LogP contribution in [-0.2, 0) is 4.79 Å². The summed E-state index contributed by atoms with van der Waals surface area (Å²) in [7, 11) is 0. The molecule has 3 N–H and O–H groups in total. The Morgan fingerprint density at radius 2 is 1.90 bits per heavy atom. The zero-order valence-corrected chi connectivity index (χ0v) is 13.4. The van der Waals surface area contributed by atoms with Crippen LogP contribution in [0.15, 0.2) is 18.2 Å². The summed E-state index contributed by atoms with van der Waals surface area (Å²) in [5, 5.41) is 14.4. The average Bonchev–Trinajstić information content (AvgIpc) is 2.42. The molecule has 1 aliphatic carbocycles. The van der Waals surface area contributed by atoms with E-state index in [1.54, 1.807) is 0 Å². The molecule has 1 aromatic carbocycles. The highest BCUT2D eigenvalue weighted by Gasteiger charge is 2.26. The minimum Gasteiger partial charge on any atom is -0.481 e. The van der Waals surface area contributed by atoms with Gasteiger partial charge in [0, 0.05) is 9.61 Å². The van der Waals surface area contributed by atoms with E-state index in [9.17, 15) is 14.0 Å². The Labute approximate surface area is 135 Å². The molecule has 2 rings (SSSR count). The van der Waals surface area contributed by atoms with Gasteiger partial charge in [-0.15, -0.1) is 0 Å². The fourth-order valence-corrected chi connectivity index (χ4v) is 3.03. The van der Waals surface area contributed by atoms with Crippen LogP contribution in [0.25, 0.3) is 0 Å². The van der Waals surface area contributed by atoms with Crippen molar-refractivity contribution < 1.29 is 19.1 Å². The average molecular weight is 406 g/mol. The third-order valence-corrected chi connectivity index (χ3v) is 4.48. The number of carboxylic acid groups (broad SMARTS) is 1. The number of hydrogen-bond acceptors (Lipinski definition) is 2. The first-order valence-corrected chi connectivity index (χ1v) is 7.79. The lowest BCUT2D eigenvalue weighted by Gasteiger charge is -2.26. The Kier molecular flexibility index (Phi) is 5.38. The van der Waals surface area contributed by atoms with Gasteiger partial charge >= 0.3 is 12.0 Å². The van der Waals surface area contributed by atoms with Crippen LogP contribution in [0.3, 0.4) is 0 Å². The van der Waals surface area contributed by atoms with E-state index < -0.39 is 5.97 Å². The smallest absolute Gasteiger partial charge is 0.319 e. The van der Waals surface area contributed by atoms with E-state index >= 15 is 0 Å².